The fourth-order valence-electron chi connectivity index (χ4n) is 2.30. The third kappa shape index (κ3) is 5.19. The van der Waals surface area contributed by atoms with E-state index in [0.29, 0.717) is 6.04 Å². The smallest absolute Gasteiger partial charge is 0.0166 e. The number of piperidine rings is 1. The zero-order chi connectivity index (χ0) is 12.9. The first-order chi connectivity index (χ1) is 7.93. The minimum atomic E-state index is 0.223. The molecule has 1 heterocycles. The molecule has 0 aromatic carbocycles. The van der Waals surface area contributed by atoms with Crippen LogP contribution in [0.1, 0.15) is 33.6 Å². The molecule has 17 heavy (non-hydrogen) atoms. The van der Waals surface area contributed by atoms with E-state index in [4.69, 9.17) is 5.73 Å². The molecule has 0 radical (unpaired) electrons. The molecule has 3 nitrogen and oxygen atoms in total. The van der Waals surface area contributed by atoms with Gasteiger partial charge in [-0.3, -0.25) is 4.90 Å². The second-order valence-electron chi connectivity index (χ2n) is 6.08. The van der Waals surface area contributed by atoms with Gasteiger partial charge < -0.3 is 10.6 Å². The van der Waals surface area contributed by atoms with Crippen molar-refractivity contribution >= 4 is 0 Å². The van der Waals surface area contributed by atoms with E-state index in [-0.39, 0.29) is 5.54 Å². The second-order valence-corrected chi connectivity index (χ2v) is 6.08. The molecule has 0 bridgehead atoms. The van der Waals surface area contributed by atoms with Gasteiger partial charge in [-0.25, -0.2) is 0 Å². The van der Waals surface area contributed by atoms with Crippen molar-refractivity contribution in [1.29, 1.82) is 0 Å². The van der Waals surface area contributed by atoms with Gasteiger partial charge in [0.1, 0.15) is 0 Å². The van der Waals surface area contributed by atoms with Gasteiger partial charge in [0, 0.05) is 31.2 Å². The van der Waals surface area contributed by atoms with E-state index in [0.717, 1.165) is 45.6 Å². The Morgan fingerprint density at radius 1 is 1.35 bits per heavy atom. The topological polar surface area (TPSA) is 32.5 Å². The molecular formula is C14H29N3. The molecule has 0 spiro atoms. The van der Waals surface area contributed by atoms with Crippen LogP contribution in [-0.2, 0) is 0 Å². The van der Waals surface area contributed by atoms with Crippen LogP contribution >= 0.6 is 0 Å². The van der Waals surface area contributed by atoms with Gasteiger partial charge in [0.25, 0.3) is 0 Å². The third-order valence-corrected chi connectivity index (χ3v) is 3.62. The van der Waals surface area contributed by atoms with Gasteiger partial charge in [0.05, 0.1) is 0 Å². The van der Waals surface area contributed by atoms with Crippen LogP contribution in [0.15, 0.2) is 12.7 Å². The largest absolute Gasteiger partial charge is 0.328 e. The summed E-state index contributed by atoms with van der Waals surface area (Å²) in [5.74, 6) is 0. The van der Waals surface area contributed by atoms with E-state index >= 15 is 0 Å². The van der Waals surface area contributed by atoms with E-state index in [1.165, 1.54) is 0 Å². The first-order valence-electron chi connectivity index (χ1n) is 6.77. The van der Waals surface area contributed by atoms with Crippen molar-refractivity contribution < 1.29 is 0 Å². The summed E-state index contributed by atoms with van der Waals surface area (Å²) in [6.07, 6.45) is 4.30. The van der Waals surface area contributed by atoms with Crippen molar-refractivity contribution in [3.8, 4) is 0 Å². The Kier molecular flexibility index (Phi) is 5.63. The lowest BCUT2D eigenvalue weighted by atomic mass is 10.0. The molecule has 1 aliphatic rings. The first-order valence-corrected chi connectivity index (χ1v) is 6.77. The maximum Gasteiger partial charge on any atom is 0.0166 e. The summed E-state index contributed by atoms with van der Waals surface area (Å²) >= 11 is 0. The van der Waals surface area contributed by atoms with Crippen molar-refractivity contribution in [2.75, 3.05) is 32.7 Å². The Labute approximate surface area is 107 Å². The minimum Gasteiger partial charge on any atom is -0.328 e. The summed E-state index contributed by atoms with van der Waals surface area (Å²) in [4.78, 5) is 5.01. The number of rotatable bonds is 5. The molecule has 1 saturated heterocycles. The van der Waals surface area contributed by atoms with Gasteiger partial charge in [0.15, 0.2) is 0 Å². The van der Waals surface area contributed by atoms with Crippen LogP contribution in [-0.4, -0.2) is 54.1 Å². The normalized spacial score (nSPS) is 19.8. The molecule has 0 unspecified atom stereocenters. The maximum absolute atomic E-state index is 5.92. The first kappa shape index (κ1) is 14.7. The number of nitrogens with zero attached hydrogens (tertiary/aromatic N) is 2. The van der Waals surface area contributed by atoms with Gasteiger partial charge in [0.2, 0.25) is 0 Å². The Hall–Kier alpha value is -0.380. The number of nitrogens with two attached hydrogens (primary N) is 1. The van der Waals surface area contributed by atoms with E-state index in [9.17, 15) is 0 Å². The lowest BCUT2D eigenvalue weighted by molar-refractivity contribution is 0.118. The standard InChI is InChI=1S/C14H29N3/c1-5-8-17(14(2,3)4)12-11-16-9-6-13(15)7-10-16/h5,13H,1,6-12,15H2,2-4H3. The SMILES string of the molecule is C=CCN(CCN1CCC(N)CC1)C(C)(C)C. The second kappa shape index (κ2) is 6.53. The van der Waals surface area contributed by atoms with E-state index < -0.39 is 0 Å². The maximum atomic E-state index is 5.92. The van der Waals surface area contributed by atoms with Gasteiger partial charge in [-0.15, -0.1) is 6.58 Å². The Morgan fingerprint density at radius 3 is 2.41 bits per heavy atom. The molecule has 2 N–H and O–H groups in total. The fraction of sp³-hybridized carbons (Fsp3) is 0.857. The average molecular weight is 239 g/mol. The van der Waals surface area contributed by atoms with Crippen LogP contribution in [0, 0.1) is 0 Å². The molecule has 0 aliphatic carbocycles. The summed E-state index contributed by atoms with van der Waals surface area (Å²) in [6, 6.07) is 0.429. The highest BCUT2D eigenvalue weighted by Gasteiger charge is 2.21. The van der Waals surface area contributed by atoms with Gasteiger partial charge in [-0.1, -0.05) is 6.08 Å². The highest BCUT2D eigenvalue weighted by Crippen LogP contribution is 2.14. The van der Waals surface area contributed by atoms with Crippen LogP contribution in [0.25, 0.3) is 0 Å². The predicted molar refractivity (Wildman–Crippen MR) is 75.2 cm³/mol. The molecule has 0 aromatic rings. The van der Waals surface area contributed by atoms with Crippen LogP contribution < -0.4 is 5.73 Å². The highest BCUT2D eigenvalue weighted by atomic mass is 15.2. The van der Waals surface area contributed by atoms with Crippen LogP contribution in [0.2, 0.25) is 0 Å². The van der Waals surface area contributed by atoms with Gasteiger partial charge in [-0.2, -0.15) is 0 Å². The number of hydrogen-bond donors (Lipinski definition) is 1. The predicted octanol–water partition coefficient (Wildman–Crippen LogP) is 1.70. The summed E-state index contributed by atoms with van der Waals surface area (Å²) in [5, 5.41) is 0. The van der Waals surface area contributed by atoms with Crippen molar-refractivity contribution in [3.63, 3.8) is 0 Å². The Morgan fingerprint density at radius 2 is 1.94 bits per heavy atom. The quantitative estimate of drug-likeness (QED) is 0.741. The average Bonchev–Trinajstić information content (AvgIpc) is 2.25. The van der Waals surface area contributed by atoms with Crippen LogP contribution in [0.3, 0.4) is 0 Å². The monoisotopic (exact) mass is 239 g/mol. The molecular weight excluding hydrogens is 210 g/mol. The Balaban J connectivity index is 2.34. The van der Waals surface area contributed by atoms with Gasteiger partial charge >= 0.3 is 0 Å². The zero-order valence-electron chi connectivity index (χ0n) is 11.8. The molecule has 1 fully saturated rings. The van der Waals surface area contributed by atoms with E-state index in [1.807, 2.05) is 6.08 Å². The number of hydrogen-bond acceptors (Lipinski definition) is 3. The summed E-state index contributed by atoms with van der Waals surface area (Å²) < 4.78 is 0. The summed E-state index contributed by atoms with van der Waals surface area (Å²) in [5.41, 5.74) is 6.14. The van der Waals surface area contributed by atoms with Crippen molar-refractivity contribution in [1.82, 2.24) is 9.80 Å². The summed E-state index contributed by atoms with van der Waals surface area (Å²) in [6.45, 7) is 16.2. The van der Waals surface area contributed by atoms with E-state index in [2.05, 4.69) is 37.1 Å². The summed E-state index contributed by atoms with van der Waals surface area (Å²) in [7, 11) is 0. The van der Waals surface area contributed by atoms with Crippen LogP contribution in [0.4, 0.5) is 0 Å². The fourth-order valence-corrected chi connectivity index (χ4v) is 2.30. The molecule has 0 atom stereocenters. The van der Waals surface area contributed by atoms with Crippen LogP contribution in [0.5, 0.6) is 0 Å². The molecule has 3 heteroatoms. The van der Waals surface area contributed by atoms with Crippen molar-refractivity contribution in [3.05, 3.63) is 12.7 Å². The molecule has 1 aliphatic heterocycles. The lowest BCUT2D eigenvalue weighted by Gasteiger charge is -2.37. The van der Waals surface area contributed by atoms with Gasteiger partial charge in [-0.05, 0) is 46.7 Å². The minimum absolute atomic E-state index is 0.223. The molecule has 0 amide bonds. The molecule has 1 rings (SSSR count). The zero-order valence-corrected chi connectivity index (χ0v) is 11.8. The van der Waals surface area contributed by atoms with Crippen molar-refractivity contribution in [2.24, 2.45) is 5.73 Å². The van der Waals surface area contributed by atoms with E-state index in [1.54, 1.807) is 0 Å². The highest BCUT2D eigenvalue weighted by molar-refractivity contribution is 4.84. The molecule has 0 saturated carbocycles. The molecule has 0 aromatic heterocycles. The lowest BCUT2D eigenvalue weighted by Crippen LogP contribution is -2.47. The van der Waals surface area contributed by atoms with Crippen molar-refractivity contribution in [2.45, 2.75) is 45.2 Å². The third-order valence-electron chi connectivity index (χ3n) is 3.62. The number of likely N-dealkylation sites (tertiary alicyclic amines) is 1. The Bertz CT molecular complexity index is 224. The molecule has 100 valence electrons.